The lowest BCUT2D eigenvalue weighted by Crippen LogP contribution is -2.37. The smallest absolute Gasteiger partial charge is 0.243 e. The third-order valence-electron chi connectivity index (χ3n) is 3.45. The van der Waals surface area contributed by atoms with Gasteiger partial charge in [0.05, 0.1) is 4.90 Å². The highest BCUT2D eigenvalue weighted by atomic mass is 32.2. The van der Waals surface area contributed by atoms with Crippen LogP contribution in [0.2, 0.25) is 0 Å². The fraction of sp³-hybridized carbons (Fsp3) is 0.600. The molecule has 0 amide bonds. The number of benzene rings is 1. The molecule has 0 aliphatic rings. The van der Waals surface area contributed by atoms with Crippen molar-refractivity contribution in [3.8, 4) is 0 Å². The van der Waals surface area contributed by atoms with Gasteiger partial charge in [-0.15, -0.1) is 0 Å². The molecule has 0 fully saturated rings. The number of hydrogen-bond acceptors (Lipinski definition) is 4. The van der Waals surface area contributed by atoms with E-state index in [4.69, 9.17) is 5.73 Å². The second-order valence-corrected chi connectivity index (χ2v) is 7.44. The van der Waals surface area contributed by atoms with Crippen molar-refractivity contribution in [1.82, 2.24) is 9.21 Å². The van der Waals surface area contributed by atoms with Crippen LogP contribution < -0.4 is 5.73 Å². The number of likely N-dealkylation sites (N-methyl/N-ethyl adjacent to an activating group) is 1. The first-order valence-corrected chi connectivity index (χ1v) is 8.71. The Hall–Kier alpha value is -0.950. The van der Waals surface area contributed by atoms with Crippen LogP contribution in [0.5, 0.6) is 0 Å². The van der Waals surface area contributed by atoms with Gasteiger partial charge in [-0.1, -0.05) is 13.0 Å². The van der Waals surface area contributed by atoms with E-state index in [-0.39, 0.29) is 0 Å². The molecule has 0 saturated heterocycles. The summed E-state index contributed by atoms with van der Waals surface area (Å²) in [5.74, 6) is 0. The molecule has 0 atom stereocenters. The van der Waals surface area contributed by atoms with Crippen LogP contribution in [0.4, 0.5) is 0 Å². The van der Waals surface area contributed by atoms with Gasteiger partial charge >= 0.3 is 0 Å². The van der Waals surface area contributed by atoms with E-state index < -0.39 is 10.0 Å². The van der Waals surface area contributed by atoms with Crippen molar-refractivity contribution in [1.29, 1.82) is 0 Å². The third-order valence-corrected chi connectivity index (χ3v) is 5.34. The van der Waals surface area contributed by atoms with Crippen molar-refractivity contribution in [2.75, 3.05) is 33.7 Å². The minimum absolute atomic E-state index is 0.334. The molecule has 0 heterocycles. The number of nitrogens with two attached hydrogens (primary N) is 1. The van der Waals surface area contributed by atoms with E-state index in [0.29, 0.717) is 31.1 Å². The fourth-order valence-electron chi connectivity index (χ4n) is 2.09. The maximum Gasteiger partial charge on any atom is 0.243 e. The molecule has 1 rings (SSSR count). The summed E-state index contributed by atoms with van der Waals surface area (Å²) in [6.45, 7) is 6.00. The third kappa shape index (κ3) is 4.78. The van der Waals surface area contributed by atoms with Crippen LogP contribution in [0.15, 0.2) is 23.1 Å². The molecule has 2 N–H and O–H groups in total. The van der Waals surface area contributed by atoms with Crippen molar-refractivity contribution in [2.24, 2.45) is 5.73 Å². The van der Waals surface area contributed by atoms with Gasteiger partial charge in [0.25, 0.3) is 0 Å². The summed E-state index contributed by atoms with van der Waals surface area (Å²) >= 11 is 0. The Kier molecular flexibility index (Phi) is 6.80. The van der Waals surface area contributed by atoms with Gasteiger partial charge in [0.15, 0.2) is 0 Å². The summed E-state index contributed by atoms with van der Waals surface area (Å²) in [5.41, 5.74) is 7.58. The Bertz CT molecular complexity index is 556. The van der Waals surface area contributed by atoms with Crippen LogP contribution in [0.3, 0.4) is 0 Å². The minimum atomic E-state index is -3.46. The standard InChI is InChI=1S/C15H27N3O2S/c1-5-8-18(10-9-17(3)4)21(19,20)15-7-6-13(2)14(11-15)12-16/h6-7,11H,5,8-10,12,16H2,1-4H3. The molecule has 1 aromatic rings. The summed E-state index contributed by atoms with van der Waals surface area (Å²) in [5, 5.41) is 0. The molecule has 0 bridgehead atoms. The molecular formula is C15H27N3O2S. The number of sulfonamides is 1. The molecule has 0 radical (unpaired) electrons. The molecule has 0 saturated carbocycles. The van der Waals surface area contributed by atoms with Crippen molar-refractivity contribution in [3.05, 3.63) is 29.3 Å². The molecule has 6 heteroatoms. The SMILES string of the molecule is CCCN(CCN(C)C)S(=O)(=O)c1ccc(C)c(CN)c1. The van der Waals surface area contributed by atoms with E-state index in [1.54, 1.807) is 16.4 Å². The first kappa shape index (κ1) is 18.1. The number of nitrogens with zero attached hydrogens (tertiary/aromatic N) is 2. The van der Waals surface area contributed by atoms with E-state index in [0.717, 1.165) is 17.5 Å². The molecule has 0 aliphatic heterocycles. The lowest BCUT2D eigenvalue weighted by molar-refractivity contribution is 0.333. The Morgan fingerprint density at radius 1 is 1.14 bits per heavy atom. The zero-order valence-corrected chi connectivity index (χ0v) is 14.3. The van der Waals surface area contributed by atoms with E-state index in [1.807, 2.05) is 38.9 Å². The minimum Gasteiger partial charge on any atom is -0.326 e. The topological polar surface area (TPSA) is 66.6 Å². The predicted octanol–water partition coefficient (Wildman–Crippen LogP) is 1.42. The van der Waals surface area contributed by atoms with E-state index in [9.17, 15) is 8.42 Å². The summed E-state index contributed by atoms with van der Waals surface area (Å²) in [6, 6.07) is 5.19. The molecule has 120 valence electrons. The predicted molar refractivity (Wildman–Crippen MR) is 86.7 cm³/mol. The molecule has 0 unspecified atom stereocenters. The van der Waals surface area contributed by atoms with Crippen molar-refractivity contribution < 1.29 is 8.42 Å². The van der Waals surface area contributed by atoms with Gasteiger partial charge in [-0.2, -0.15) is 4.31 Å². The van der Waals surface area contributed by atoms with Gasteiger partial charge in [0.1, 0.15) is 0 Å². The average molecular weight is 313 g/mol. The Morgan fingerprint density at radius 3 is 2.33 bits per heavy atom. The second-order valence-electron chi connectivity index (χ2n) is 5.50. The molecule has 1 aromatic carbocycles. The lowest BCUT2D eigenvalue weighted by atomic mass is 10.1. The van der Waals surface area contributed by atoms with Crippen LogP contribution in [-0.4, -0.2) is 51.4 Å². The average Bonchev–Trinajstić information content (AvgIpc) is 2.43. The van der Waals surface area contributed by atoms with E-state index >= 15 is 0 Å². The van der Waals surface area contributed by atoms with E-state index in [1.165, 1.54) is 0 Å². The molecule has 21 heavy (non-hydrogen) atoms. The highest BCUT2D eigenvalue weighted by molar-refractivity contribution is 7.89. The van der Waals surface area contributed by atoms with Gasteiger partial charge in [-0.25, -0.2) is 8.42 Å². The van der Waals surface area contributed by atoms with Gasteiger partial charge in [0.2, 0.25) is 10.0 Å². The number of aryl methyl sites for hydroxylation is 1. The maximum atomic E-state index is 12.8. The molecule has 0 spiro atoms. The van der Waals surface area contributed by atoms with Crippen molar-refractivity contribution in [2.45, 2.75) is 31.7 Å². The fourth-order valence-corrected chi connectivity index (χ4v) is 3.66. The summed E-state index contributed by atoms with van der Waals surface area (Å²) in [6.07, 6.45) is 0.794. The quantitative estimate of drug-likeness (QED) is 0.788. The monoisotopic (exact) mass is 313 g/mol. The van der Waals surface area contributed by atoms with Crippen molar-refractivity contribution >= 4 is 10.0 Å². The molecular weight excluding hydrogens is 286 g/mol. The summed E-state index contributed by atoms with van der Waals surface area (Å²) in [7, 11) is 0.422. The molecule has 5 nitrogen and oxygen atoms in total. The Balaban J connectivity index is 3.09. The molecule has 0 aromatic heterocycles. The van der Waals surface area contributed by atoms with Gasteiger partial charge in [0, 0.05) is 26.2 Å². The summed E-state index contributed by atoms with van der Waals surface area (Å²) < 4.78 is 27.1. The van der Waals surface area contributed by atoms with E-state index in [2.05, 4.69) is 0 Å². The van der Waals surface area contributed by atoms with Crippen LogP contribution >= 0.6 is 0 Å². The number of hydrogen-bond donors (Lipinski definition) is 1. The largest absolute Gasteiger partial charge is 0.326 e. The number of rotatable bonds is 8. The second kappa shape index (κ2) is 7.89. The first-order valence-electron chi connectivity index (χ1n) is 7.27. The lowest BCUT2D eigenvalue weighted by Gasteiger charge is -2.23. The highest BCUT2D eigenvalue weighted by Crippen LogP contribution is 2.19. The molecule has 0 aliphatic carbocycles. The van der Waals surface area contributed by atoms with Crippen LogP contribution in [0.1, 0.15) is 24.5 Å². The van der Waals surface area contributed by atoms with Crippen molar-refractivity contribution in [3.63, 3.8) is 0 Å². The zero-order valence-electron chi connectivity index (χ0n) is 13.5. The van der Waals surface area contributed by atoms with Crippen LogP contribution in [0.25, 0.3) is 0 Å². The highest BCUT2D eigenvalue weighted by Gasteiger charge is 2.24. The Morgan fingerprint density at radius 2 is 1.81 bits per heavy atom. The van der Waals surface area contributed by atoms with Crippen LogP contribution in [-0.2, 0) is 16.6 Å². The van der Waals surface area contributed by atoms with Crippen LogP contribution in [0, 0.1) is 6.92 Å². The Labute approximate surface area is 128 Å². The van der Waals surface area contributed by atoms with Gasteiger partial charge in [-0.3, -0.25) is 0 Å². The zero-order chi connectivity index (χ0) is 16.0. The summed E-state index contributed by atoms with van der Waals surface area (Å²) in [4.78, 5) is 2.32. The van der Waals surface area contributed by atoms with Gasteiger partial charge in [-0.05, 0) is 50.7 Å². The van der Waals surface area contributed by atoms with Gasteiger partial charge < -0.3 is 10.6 Å². The first-order chi connectivity index (χ1) is 9.82. The maximum absolute atomic E-state index is 12.8. The normalized spacial score (nSPS) is 12.3.